The number of para-hydroxylation sites is 1. The fourth-order valence-corrected chi connectivity index (χ4v) is 4.04. The molecule has 1 amide bonds. The number of methoxy groups -OCH3 is 2. The highest BCUT2D eigenvalue weighted by molar-refractivity contribution is 5.79. The molecule has 0 unspecified atom stereocenters. The normalized spacial score (nSPS) is 15.9. The van der Waals surface area contributed by atoms with Gasteiger partial charge in [-0.15, -0.1) is 0 Å². The van der Waals surface area contributed by atoms with E-state index in [4.69, 9.17) is 9.47 Å². The van der Waals surface area contributed by atoms with Crippen molar-refractivity contribution >= 4 is 16.8 Å². The minimum Gasteiger partial charge on any atom is -0.493 e. The summed E-state index contributed by atoms with van der Waals surface area (Å²) < 4.78 is 12.4. The fraction of sp³-hybridized carbons (Fsp3) is 0.391. The van der Waals surface area contributed by atoms with Crippen LogP contribution in [0.2, 0.25) is 0 Å². The molecule has 1 N–H and O–H groups in total. The fourth-order valence-electron chi connectivity index (χ4n) is 4.04. The average molecular weight is 409 g/mol. The summed E-state index contributed by atoms with van der Waals surface area (Å²) in [7, 11) is 3.17. The van der Waals surface area contributed by atoms with E-state index in [1.54, 1.807) is 14.2 Å². The molecule has 2 aromatic carbocycles. The number of aliphatic hydroxyl groups is 1. The number of amides is 1. The van der Waals surface area contributed by atoms with Crippen LogP contribution in [0, 0.1) is 0 Å². The Morgan fingerprint density at radius 2 is 1.83 bits per heavy atom. The molecule has 1 aliphatic heterocycles. The Balaban J connectivity index is 1.37. The van der Waals surface area contributed by atoms with Gasteiger partial charge in [-0.25, -0.2) is 0 Å². The van der Waals surface area contributed by atoms with E-state index >= 15 is 0 Å². The van der Waals surface area contributed by atoms with Crippen molar-refractivity contribution in [3.8, 4) is 11.5 Å². The van der Waals surface area contributed by atoms with Crippen LogP contribution in [0.25, 0.3) is 10.9 Å². The molecule has 1 fully saturated rings. The van der Waals surface area contributed by atoms with E-state index in [9.17, 15) is 9.90 Å². The largest absolute Gasteiger partial charge is 0.493 e. The first-order valence-electron chi connectivity index (χ1n) is 10.1. The predicted octanol–water partition coefficient (Wildman–Crippen LogP) is 2.65. The van der Waals surface area contributed by atoms with Gasteiger partial charge < -0.3 is 19.5 Å². The maximum absolute atomic E-state index is 12.8. The smallest absolute Gasteiger partial charge is 0.226 e. The van der Waals surface area contributed by atoms with Crippen molar-refractivity contribution in [1.82, 2.24) is 14.7 Å². The second kappa shape index (κ2) is 8.36. The van der Waals surface area contributed by atoms with Crippen molar-refractivity contribution in [3.63, 3.8) is 0 Å². The molecular formula is C23H27N3O4. The first-order valence-corrected chi connectivity index (χ1v) is 10.1. The summed E-state index contributed by atoms with van der Waals surface area (Å²) in [5.41, 5.74) is 1.02. The highest BCUT2D eigenvalue weighted by Crippen LogP contribution is 2.29. The van der Waals surface area contributed by atoms with Gasteiger partial charge in [-0.2, -0.15) is 5.10 Å². The lowest BCUT2D eigenvalue weighted by Gasteiger charge is -2.38. The van der Waals surface area contributed by atoms with Crippen LogP contribution in [-0.2, 0) is 17.8 Å². The maximum Gasteiger partial charge on any atom is 0.226 e. The van der Waals surface area contributed by atoms with Gasteiger partial charge in [0, 0.05) is 18.5 Å². The number of aromatic nitrogens is 2. The lowest BCUT2D eigenvalue weighted by molar-refractivity contribution is -0.135. The Hall–Kier alpha value is -3.06. The van der Waals surface area contributed by atoms with Crippen LogP contribution < -0.4 is 9.47 Å². The third kappa shape index (κ3) is 4.11. The van der Waals surface area contributed by atoms with Gasteiger partial charge in [0.25, 0.3) is 0 Å². The van der Waals surface area contributed by atoms with Gasteiger partial charge in [0.1, 0.15) is 0 Å². The number of fused-ring (bicyclic) bond motifs is 1. The quantitative estimate of drug-likeness (QED) is 0.677. The van der Waals surface area contributed by atoms with Gasteiger partial charge in [-0.1, -0.05) is 24.3 Å². The number of hydrogen-bond donors (Lipinski definition) is 1. The summed E-state index contributed by atoms with van der Waals surface area (Å²) >= 11 is 0. The van der Waals surface area contributed by atoms with Crippen molar-refractivity contribution in [3.05, 3.63) is 54.2 Å². The van der Waals surface area contributed by atoms with E-state index in [1.807, 2.05) is 58.2 Å². The Bertz CT molecular complexity index is 1040. The third-order valence-corrected chi connectivity index (χ3v) is 5.85. The molecule has 158 valence electrons. The molecule has 1 aliphatic rings. The zero-order chi connectivity index (χ0) is 21.1. The first-order chi connectivity index (χ1) is 14.5. The highest BCUT2D eigenvalue weighted by atomic mass is 16.5. The highest BCUT2D eigenvalue weighted by Gasteiger charge is 2.34. The van der Waals surface area contributed by atoms with Crippen LogP contribution in [-0.4, -0.2) is 58.6 Å². The van der Waals surface area contributed by atoms with Gasteiger partial charge in [0.2, 0.25) is 5.91 Å². The molecular weight excluding hydrogens is 382 g/mol. The van der Waals surface area contributed by atoms with E-state index < -0.39 is 5.60 Å². The second-order valence-electron chi connectivity index (χ2n) is 7.83. The van der Waals surface area contributed by atoms with Gasteiger partial charge in [0.15, 0.2) is 11.5 Å². The van der Waals surface area contributed by atoms with Gasteiger partial charge in [-0.3, -0.25) is 9.48 Å². The number of carbonyl (C=O) groups excluding carboxylic acids is 1. The molecule has 0 radical (unpaired) electrons. The van der Waals surface area contributed by atoms with Gasteiger partial charge >= 0.3 is 0 Å². The zero-order valence-electron chi connectivity index (χ0n) is 17.4. The van der Waals surface area contributed by atoms with Crippen molar-refractivity contribution in [1.29, 1.82) is 0 Å². The monoisotopic (exact) mass is 409 g/mol. The van der Waals surface area contributed by atoms with Crippen molar-refractivity contribution < 1.29 is 19.4 Å². The molecule has 7 heteroatoms. The van der Waals surface area contributed by atoms with Crippen LogP contribution >= 0.6 is 0 Å². The van der Waals surface area contributed by atoms with Crippen molar-refractivity contribution in [2.45, 2.75) is 31.4 Å². The van der Waals surface area contributed by atoms with Crippen LogP contribution in [0.3, 0.4) is 0 Å². The summed E-state index contributed by atoms with van der Waals surface area (Å²) in [5, 5.41) is 16.6. The van der Waals surface area contributed by atoms with Crippen molar-refractivity contribution in [2.24, 2.45) is 0 Å². The Morgan fingerprint density at radius 1 is 1.10 bits per heavy atom. The summed E-state index contributed by atoms with van der Waals surface area (Å²) in [6.45, 7) is 1.49. The molecule has 0 aliphatic carbocycles. The van der Waals surface area contributed by atoms with E-state index in [0.717, 1.165) is 16.5 Å². The molecule has 7 nitrogen and oxygen atoms in total. The van der Waals surface area contributed by atoms with Crippen LogP contribution in [0.4, 0.5) is 0 Å². The van der Waals surface area contributed by atoms with Gasteiger partial charge in [-0.05, 0) is 36.6 Å². The Kier molecular flexibility index (Phi) is 5.63. The SMILES string of the molecule is COc1ccc(CC(=O)N2CCC(O)(Cn3ncc4ccccc43)CC2)cc1OC. The number of hydrogen-bond acceptors (Lipinski definition) is 5. The number of nitrogens with zero attached hydrogens (tertiary/aromatic N) is 3. The lowest BCUT2D eigenvalue weighted by Crippen LogP contribution is -2.49. The molecule has 1 aromatic heterocycles. The van der Waals surface area contributed by atoms with E-state index in [2.05, 4.69) is 5.10 Å². The molecule has 30 heavy (non-hydrogen) atoms. The Morgan fingerprint density at radius 3 is 2.57 bits per heavy atom. The lowest BCUT2D eigenvalue weighted by atomic mass is 9.91. The number of likely N-dealkylation sites (tertiary alicyclic amines) is 1. The molecule has 2 heterocycles. The first kappa shape index (κ1) is 20.2. The number of ether oxygens (including phenoxy) is 2. The standard InChI is InChI=1S/C23H27N3O4/c1-29-20-8-7-17(13-21(20)30-2)14-22(27)25-11-9-23(28,10-12-25)16-26-19-6-4-3-5-18(19)15-24-26/h3-8,13,15,28H,9-12,14,16H2,1-2H3. The van der Waals surface area contributed by atoms with E-state index in [-0.39, 0.29) is 5.91 Å². The molecule has 3 aromatic rings. The van der Waals surface area contributed by atoms with Crippen molar-refractivity contribution in [2.75, 3.05) is 27.3 Å². The number of carbonyl (C=O) groups is 1. The maximum atomic E-state index is 12.8. The molecule has 0 spiro atoms. The third-order valence-electron chi connectivity index (χ3n) is 5.85. The molecule has 0 bridgehead atoms. The molecule has 1 saturated heterocycles. The van der Waals surface area contributed by atoms with Crippen LogP contribution in [0.5, 0.6) is 11.5 Å². The summed E-state index contributed by atoms with van der Waals surface area (Å²) in [6, 6.07) is 13.5. The summed E-state index contributed by atoms with van der Waals surface area (Å²) in [4.78, 5) is 14.6. The van der Waals surface area contributed by atoms with Gasteiger partial charge in [0.05, 0.1) is 44.5 Å². The Labute approximate surface area is 175 Å². The predicted molar refractivity (Wildman–Crippen MR) is 114 cm³/mol. The minimum atomic E-state index is -0.866. The van der Waals surface area contributed by atoms with Crippen LogP contribution in [0.15, 0.2) is 48.7 Å². The number of benzene rings is 2. The summed E-state index contributed by atoms with van der Waals surface area (Å²) in [5.74, 6) is 1.30. The van der Waals surface area contributed by atoms with E-state index in [1.165, 1.54) is 0 Å². The second-order valence-corrected chi connectivity index (χ2v) is 7.83. The number of rotatable bonds is 6. The zero-order valence-corrected chi connectivity index (χ0v) is 17.4. The number of piperidine rings is 1. The topological polar surface area (TPSA) is 76.8 Å². The van der Waals surface area contributed by atoms with E-state index in [0.29, 0.717) is 50.4 Å². The minimum absolute atomic E-state index is 0.0498. The summed E-state index contributed by atoms with van der Waals surface area (Å²) in [6.07, 6.45) is 3.17. The van der Waals surface area contributed by atoms with Crippen LogP contribution in [0.1, 0.15) is 18.4 Å². The average Bonchev–Trinajstić information content (AvgIpc) is 3.16. The molecule has 0 atom stereocenters. The molecule has 0 saturated carbocycles. The molecule has 4 rings (SSSR count).